The molecular weight excluding hydrogens is 266 g/mol. The maximum Gasteiger partial charge on any atom is 0.219 e. The van der Waals surface area contributed by atoms with Gasteiger partial charge in [-0.1, -0.05) is 26.7 Å². The van der Waals surface area contributed by atoms with Gasteiger partial charge in [-0.05, 0) is 19.4 Å². The highest BCUT2D eigenvalue weighted by Gasteiger charge is 2.17. The van der Waals surface area contributed by atoms with E-state index in [2.05, 4.69) is 10.2 Å². The summed E-state index contributed by atoms with van der Waals surface area (Å²) < 4.78 is 0. The summed E-state index contributed by atoms with van der Waals surface area (Å²) in [5.41, 5.74) is 0. The molecule has 2 amide bonds. The highest BCUT2D eigenvalue weighted by Crippen LogP contribution is 2.05. The lowest BCUT2D eigenvalue weighted by Crippen LogP contribution is -2.48. The minimum atomic E-state index is 0. The van der Waals surface area contributed by atoms with Crippen molar-refractivity contribution in [3.05, 3.63) is 0 Å². The monoisotopic (exact) mass is 301 g/mol. The van der Waals surface area contributed by atoms with Crippen molar-refractivity contribution < 1.29 is 11.0 Å². The number of carbonyl (C=O) groups excluding carboxylic acids is 2. The van der Waals surface area contributed by atoms with Crippen molar-refractivity contribution in [2.24, 2.45) is 0 Å². The quantitative estimate of drug-likeness (QED) is 0.733. The summed E-state index contributed by atoms with van der Waals surface area (Å²) in [6.45, 7) is 12.9. The average Bonchev–Trinajstić information content (AvgIpc) is 2.48. The van der Waals surface area contributed by atoms with Crippen LogP contribution < -0.4 is 5.32 Å². The van der Waals surface area contributed by atoms with Crippen LogP contribution in [0.15, 0.2) is 0 Å². The fourth-order valence-corrected chi connectivity index (χ4v) is 2.36. The van der Waals surface area contributed by atoms with Gasteiger partial charge in [0.2, 0.25) is 11.8 Å². The second-order valence-electron chi connectivity index (χ2n) is 5.24. The molecule has 1 rings (SSSR count). The fraction of sp³-hybridized carbons (Fsp3) is 0.875. The number of hydrogen-bond donors (Lipinski definition) is 1. The molecule has 0 aromatic carbocycles. The maximum atomic E-state index is 11.2. The minimum absolute atomic E-state index is 0. The summed E-state index contributed by atoms with van der Waals surface area (Å²) in [5.74, 6) is 0.251. The summed E-state index contributed by atoms with van der Waals surface area (Å²) in [5, 5.41) is 2.81. The third kappa shape index (κ3) is 10.3. The number of hydrogen-bond acceptors (Lipinski definition) is 3. The van der Waals surface area contributed by atoms with E-state index in [1.807, 2.05) is 18.7 Å². The third-order valence-electron chi connectivity index (χ3n) is 3.59. The molecule has 0 aromatic heterocycles. The Morgan fingerprint density at radius 2 is 1.52 bits per heavy atom. The first kappa shape index (κ1) is 19.9. The normalized spacial score (nSPS) is 15.1. The Balaban J connectivity index is 0. The maximum absolute atomic E-state index is 11.2. The molecule has 0 aromatic rings. The van der Waals surface area contributed by atoms with Gasteiger partial charge in [0.25, 0.3) is 0 Å². The zero-order valence-electron chi connectivity index (χ0n) is 14.3. The van der Waals surface area contributed by atoms with Gasteiger partial charge < -0.3 is 10.2 Å². The molecule has 0 bridgehead atoms. The van der Waals surface area contributed by atoms with Gasteiger partial charge in [0.1, 0.15) is 0 Å². The van der Waals surface area contributed by atoms with Crippen molar-refractivity contribution in [3.63, 3.8) is 0 Å². The van der Waals surface area contributed by atoms with E-state index in [9.17, 15) is 9.59 Å². The van der Waals surface area contributed by atoms with Gasteiger partial charge in [0.15, 0.2) is 0 Å². The molecule has 1 heterocycles. The lowest BCUT2D eigenvalue weighted by Gasteiger charge is -2.34. The number of nitrogens with zero attached hydrogens (tertiary/aromatic N) is 2. The Morgan fingerprint density at radius 3 is 2.05 bits per heavy atom. The molecule has 1 aliphatic rings. The number of piperazine rings is 1. The predicted octanol–water partition coefficient (Wildman–Crippen LogP) is 2.12. The Hall–Kier alpha value is -1.10. The number of rotatable bonds is 7. The van der Waals surface area contributed by atoms with Crippen molar-refractivity contribution in [1.29, 1.82) is 0 Å². The van der Waals surface area contributed by atoms with E-state index in [0.717, 1.165) is 45.7 Å². The van der Waals surface area contributed by atoms with Crippen LogP contribution in [0.3, 0.4) is 0 Å². The van der Waals surface area contributed by atoms with Gasteiger partial charge in [0.05, 0.1) is 0 Å². The van der Waals surface area contributed by atoms with Gasteiger partial charge in [-0.15, -0.1) is 0 Å². The standard InChI is InChI=1S/C14H27N3O2.C2H6.H2/c1-13(18)15-7-5-3-4-6-8-16-9-11-17(12-10-16)14(2)19;1-2;/h3-12H2,1-2H3,(H,15,18);1-2H3;1H. The van der Waals surface area contributed by atoms with E-state index < -0.39 is 0 Å². The van der Waals surface area contributed by atoms with Crippen LogP contribution in [-0.2, 0) is 9.59 Å². The van der Waals surface area contributed by atoms with E-state index in [1.165, 1.54) is 19.3 Å². The van der Waals surface area contributed by atoms with Crippen molar-refractivity contribution in [1.82, 2.24) is 15.1 Å². The Labute approximate surface area is 131 Å². The van der Waals surface area contributed by atoms with E-state index in [-0.39, 0.29) is 13.2 Å². The van der Waals surface area contributed by atoms with Gasteiger partial charge in [-0.25, -0.2) is 0 Å². The molecule has 0 radical (unpaired) electrons. The summed E-state index contributed by atoms with van der Waals surface area (Å²) in [7, 11) is 0. The molecule has 0 aliphatic carbocycles. The molecule has 0 unspecified atom stereocenters. The van der Waals surface area contributed by atoms with Crippen LogP contribution >= 0.6 is 0 Å². The van der Waals surface area contributed by atoms with E-state index >= 15 is 0 Å². The van der Waals surface area contributed by atoms with Crippen LogP contribution in [0.2, 0.25) is 0 Å². The summed E-state index contributed by atoms with van der Waals surface area (Å²) in [6.07, 6.45) is 4.66. The Bertz CT molecular complexity index is 293. The van der Waals surface area contributed by atoms with E-state index in [1.54, 1.807) is 13.8 Å². The van der Waals surface area contributed by atoms with E-state index in [4.69, 9.17) is 0 Å². The molecular formula is C16H35N3O2. The lowest BCUT2D eigenvalue weighted by atomic mass is 10.2. The van der Waals surface area contributed by atoms with Crippen LogP contribution in [0.25, 0.3) is 0 Å². The third-order valence-corrected chi connectivity index (χ3v) is 3.59. The fourth-order valence-electron chi connectivity index (χ4n) is 2.36. The summed E-state index contributed by atoms with van der Waals surface area (Å²) >= 11 is 0. The average molecular weight is 301 g/mol. The smallest absolute Gasteiger partial charge is 0.219 e. The first-order chi connectivity index (χ1) is 10.1. The van der Waals surface area contributed by atoms with Crippen molar-refractivity contribution in [3.8, 4) is 0 Å². The van der Waals surface area contributed by atoms with Gasteiger partial charge in [-0.3, -0.25) is 14.5 Å². The Kier molecular flexibility index (Phi) is 12.0. The summed E-state index contributed by atoms with van der Waals surface area (Å²) in [6, 6.07) is 0. The van der Waals surface area contributed by atoms with Crippen molar-refractivity contribution in [2.45, 2.75) is 53.4 Å². The molecule has 1 fully saturated rings. The minimum Gasteiger partial charge on any atom is -0.356 e. The van der Waals surface area contributed by atoms with Crippen LogP contribution in [0, 0.1) is 0 Å². The van der Waals surface area contributed by atoms with Gasteiger partial charge in [-0.2, -0.15) is 0 Å². The van der Waals surface area contributed by atoms with Crippen molar-refractivity contribution >= 4 is 11.8 Å². The zero-order chi connectivity index (χ0) is 16.1. The van der Waals surface area contributed by atoms with Crippen LogP contribution in [0.4, 0.5) is 0 Å². The second kappa shape index (κ2) is 12.6. The Morgan fingerprint density at radius 1 is 0.952 bits per heavy atom. The first-order valence-corrected chi connectivity index (χ1v) is 8.32. The molecule has 0 saturated carbocycles. The number of amides is 2. The van der Waals surface area contributed by atoms with Crippen molar-refractivity contribution in [2.75, 3.05) is 39.3 Å². The molecule has 0 spiro atoms. The predicted molar refractivity (Wildman–Crippen MR) is 89.3 cm³/mol. The van der Waals surface area contributed by atoms with Gasteiger partial charge >= 0.3 is 0 Å². The lowest BCUT2D eigenvalue weighted by molar-refractivity contribution is -0.130. The molecule has 5 heteroatoms. The molecule has 1 saturated heterocycles. The summed E-state index contributed by atoms with van der Waals surface area (Å²) in [4.78, 5) is 26.2. The number of carbonyl (C=O) groups is 2. The topological polar surface area (TPSA) is 52.7 Å². The molecule has 21 heavy (non-hydrogen) atoms. The second-order valence-corrected chi connectivity index (χ2v) is 5.24. The highest BCUT2D eigenvalue weighted by atomic mass is 16.2. The number of nitrogens with one attached hydrogen (secondary N) is 1. The number of unbranched alkanes of at least 4 members (excludes halogenated alkanes) is 3. The molecule has 126 valence electrons. The molecule has 1 aliphatic heterocycles. The zero-order valence-corrected chi connectivity index (χ0v) is 14.3. The van der Waals surface area contributed by atoms with Crippen LogP contribution in [0.5, 0.6) is 0 Å². The first-order valence-electron chi connectivity index (χ1n) is 8.32. The molecule has 5 nitrogen and oxygen atoms in total. The SMILES string of the molecule is CC.CC(=O)NCCCCCCN1CCN(C(C)=O)CC1.[HH]. The van der Waals surface area contributed by atoms with Crippen LogP contribution in [0.1, 0.15) is 54.8 Å². The molecule has 1 N–H and O–H groups in total. The molecule has 0 atom stereocenters. The van der Waals surface area contributed by atoms with Gasteiger partial charge in [0, 0.05) is 48.0 Å². The van der Waals surface area contributed by atoms with E-state index in [0.29, 0.717) is 0 Å². The highest BCUT2D eigenvalue weighted by molar-refractivity contribution is 5.73. The van der Waals surface area contributed by atoms with Crippen LogP contribution in [-0.4, -0.2) is 60.9 Å². The largest absolute Gasteiger partial charge is 0.356 e.